The Morgan fingerprint density at radius 3 is 2.57 bits per heavy atom. The summed E-state index contributed by atoms with van der Waals surface area (Å²) in [6.45, 7) is 1.62. The van der Waals surface area contributed by atoms with Crippen molar-refractivity contribution in [3.63, 3.8) is 0 Å². The van der Waals surface area contributed by atoms with E-state index in [4.69, 9.17) is 21.1 Å². The van der Waals surface area contributed by atoms with Crippen molar-refractivity contribution in [3.8, 4) is 11.5 Å². The van der Waals surface area contributed by atoms with Crippen LogP contribution in [-0.4, -0.2) is 36.0 Å². The van der Waals surface area contributed by atoms with Gasteiger partial charge in [0.2, 0.25) is 0 Å². The van der Waals surface area contributed by atoms with Crippen molar-refractivity contribution in [1.82, 2.24) is 0 Å². The molecule has 2 N–H and O–H groups in total. The number of hydrogen-bond acceptors (Lipinski definition) is 6. The number of anilines is 1. The Labute approximate surface area is 167 Å². The number of carbonyl (C=O) groups is 3. The first-order valence-corrected chi connectivity index (χ1v) is 8.97. The quantitative estimate of drug-likeness (QED) is 0.488. The average molecular weight is 406 g/mol. The number of amides is 1. The predicted octanol–water partition coefficient (Wildman–Crippen LogP) is 3.59. The number of ether oxygens (including phenoxy) is 2. The maximum Gasteiger partial charge on any atom is 0.306 e. The van der Waals surface area contributed by atoms with Gasteiger partial charge in [0.1, 0.15) is 0 Å². The maximum atomic E-state index is 12.2. The Kier molecular flexibility index (Phi) is 7.83. The molecule has 7 nitrogen and oxygen atoms in total. The van der Waals surface area contributed by atoms with E-state index in [-0.39, 0.29) is 30.1 Å². The highest BCUT2D eigenvalue weighted by molar-refractivity contribution is 6.33. The molecule has 0 unspecified atom stereocenters. The lowest BCUT2D eigenvalue weighted by atomic mass is 10.1. The number of para-hydroxylation sites is 1. The third-order valence-corrected chi connectivity index (χ3v) is 3.98. The predicted molar refractivity (Wildman–Crippen MR) is 104 cm³/mol. The van der Waals surface area contributed by atoms with Crippen molar-refractivity contribution >= 4 is 34.9 Å². The lowest BCUT2D eigenvalue weighted by Gasteiger charge is -2.09. The van der Waals surface area contributed by atoms with E-state index >= 15 is 0 Å². The third-order valence-electron chi connectivity index (χ3n) is 3.65. The zero-order valence-corrected chi connectivity index (χ0v) is 16.0. The summed E-state index contributed by atoms with van der Waals surface area (Å²) in [5.41, 5.74) is 0.725. The van der Waals surface area contributed by atoms with Gasteiger partial charge in [-0.1, -0.05) is 23.7 Å². The van der Waals surface area contributed by atoms with Crippen molar-refractivity contribution in [1.29, 1.82) is 0 Å². The normalized spacial score (nSPS) is 10.2. The molecule has 0 saturated heterocycles. The van der Waals surface area contributed by atoms with Crippen molar-refractivity contribution < 1.29 is 29.0 Å². The van der Waals surface area contributed by atoms with Crippen molar-refractivity contribution in [2.24, 2.45) is 0 Å². The number of benzene rings is 2. The first-order valence-electron chi connectivity index (χ1n) is 8.59. The fourth-order valence-corrected chi connectivity index (χ4v) is 2.47. The van der Waals surface area contributed by atoms with Gasteiger partial charge >= 0.3 is 5.97 Å². The van der Waals surface area contributed by atoms with Crippen LogP contribution in [0.5, 0.6) is 11.5 Å². The number of Topliss-reactive ketones (excluding diaryl/α,β-unsaturated/α-hetero) is 1. The molecule has 8 heteroatoms. The SMILES string of the molecule is CCOc1cc(C(=O)CCC(=O)OCC(=O)Nc2ccccc2Cl)ccc1O. The molecule has 1 amide bonds. The van der Waals surface area contributed by atoms with Gasteiger partial charge in [-0.25, -0.2) is 0 Å². The Balaban J connectivity index is 1.79. The average Bonchev–Trinajstić information content (AvgIpc) is 2.68. The molecule has 0 saturated carbocycles. The Morgan fingerprint density at radius 1 is 1.11 bits per heavy atom. The first-order chi connectivity index (χ1) is 13.4. The summed E-state index contributed by atoms with van der Waals surface area (Å²) < 4.78 is 10.1. The fourth-order valence-electron chi connectivity index (χ4n) is 2.29. The molecule has 0 aromatic heterocycles. The Morgan fingerprint density at radius 2 is 1.86 bits per heavy atom. The number of phenolic OH excluding ortho intramolecular Hbond substituents is 1. The Bertz CT molecular complexity index is 868. The van der Waals surface area contributed by atoms with Crippen LogP contribution in [0.4, 0.5) is 5.69 Å². The van der Waals surface area contributed by atoms with Crippen LogP contribution in [-0.2, 0) is 14.3 Å². The maximum absolute atomic E-state index is 12.2. The topological polar surface area (TPSA) is 102 Å². The van der Waals surface area contributed by atoms with E-state index in [2.05, 4.69) is 5.32 Å². The van der Waals surface area contributed by atoms with Crippen LogP contribution >= 0.6 is 11.6 Å². The van der Waals surface area contributed by atoms with Gasteiger partial charge < -0.3 is 19.9 Å². The molecule has 28 heavy (non-hydrogen) atoms. The van der Waals surface area contributed by atoms with Crippen LogP contribution in [0.25, 0.3) is 0 Å². The third kappa shape index (κ3) is 6.28. The van der Waals surface area contributed by atoms with Crippen LogP contribution < -0.4 is 10.1 Å². The number of phenols is 1. The molecule has 148 valence electrons. The van der Waals surface area contributed by atoms with Gasteiger partial charge in [-0.05, 0) is 37.3 Å². The summed E-state index contributed by atoms with van der Waals surface area (Å²) in [7, 11) is 0. The highest BCUT2D eigenvalue weighted by atomic mass is 35.5. The van der Waals surface area contributed by atoms with Crippen molar-refractivity contribution in [2.45, 2.75) is 19.8 Å². The molecule has 0 fully saturated rings. The standard InChI is InChI=1S/C20H20ClNO6/c1-2-27-18-11-13(7-8-17(18)24)16(23)9-10-20(26)28-12-19(25)22-15-6-4-3-5-14(15)21/h3-8,11,24H,2,9-10,12H2,1H3,(H,22,25). The lowest BCUT2D eigenvalue weighted by molar-refractivity contribution is -0.147. The number of nitrogens with one attached hydrogen (secondary N) is 1. The summed E-state index contributed by atoms with van der Waals surface area (Å²) in [6.07, 6.45) is -0.273. The molecule has 0 atom stereocenters. The number of carbonyl (C=O) groups excluding carboxylic acids is 3. The summed E-state index contributed by atoms with van der Waals surface area (Å²) in [5.74, 6) is -1.38. The minimum Gasteiger partial charge on any atom is -0.504 e. The second-order valence-corrected chi connectivity index (χ2v) is 6.13. The second-order valence-electron chi connectivity index (χ2n) is 5.73. The number of rotatable bonds is 9. The van der Waals surface area contributed by atoms with Crippen LogP contribution in [0.3, 0.4) is 0 Å². The highest BCUT2D eigenvalue weighted by Gasteiger charge is 2.14. The molecule has 2 aromatic carbocycles. The van der Waals surface area contributed by atoms with E-state index < -0.39 is 18.5 Å². The lowest BCUT2D eigenvalue weighted by Crippen LogP contribution is -2.21. The number of ketones is 1. The molecule has 2 aromatic rings. The van der Waals surface area contributed by atoms with E-state index in [0.717, 1.165) is 0 Å². The molecular formula is C20H20ClNO6. The summed E-state index contributed by atoms with van der Waals surface area (Å²) in [4.78, 5) is 35.8. The number of hydrogen-bond donors (Lipinski definition) is 2. The highest BCUT2D eigenvalue weighted by Crippen LogP contribution is 2.27. The van der Waals surface area contributed by atoms with Gasteiger partial charge in [0.05, 0.1) is 23.7 Å². The molecule has 2 rings (SSSR count). The van der Waals surface area contributed by atoms with Crippen LogP contribution in [0.15, 0.2) is 42.5 Å². The fraction of sp³-hybridized carbons (Fsp3) is 0.250. The van der Waals surface area contributed by atoms with Crippen molar-refractivity contribution in [2.75, 3.05) is 18.5 Å². The number of halogens is 1. The molecule has 0 aliphatic heterocycles. The van der Waals surface area contributed by atoms with E-state index in [1.165, 1.54) is 18.2 Å². The second kappa shape index (κ2) is 10.3. The van der Waals surface area contributed by atoms with Crippen LogP contribution in [0.2, 0.25) is 5.02 Å². The monoisotopic (exact) mass is 405 g/mol. The molecule has 0 aliphatic carbocycles. The smallest absolute Gasteiger partial charge is 0.306 e. The molecule has 0 spiro atoms. The van der Waals surface area contributed by atoms with E-state index in [0.29, 0.717) is 22.9 Å². The minimum atomic E-state index is -0.675. The van der Waals surface area contributed by atoms with Gasteiger partial charge in [0.15, 0.2) is 23.9 Å². The van der Waals surface area contributed by atoms with Gasteiger partial charge in [0.25, 0.3) is 5.91 Å². The van der Waals surface area contributed by atoms with E-state index in [1.54, 1.807) is 31.2 Å². The zero-order chi connectivity index (χ0) is 20.5. The number of esters is 1. The molecular weight excluding hydrogens is 386 g/mol. The molecule has 0 aliphatic rings. The van der Waals surface area contributed by atoms with Gasteiger partial charge in [-0.3, -0.25) is 14.4 Å². The minimum absolute atomic E-state index is 0.0673. The molecule has 0 heterocycles. The van der Waals surface area contributed by atoms with E-state index in [9.17, 15) is 19.5 Å². The van der Waals surface area contributed by atoms with Gasteiger partial charge in [0, 0.05) is 12.0 Å². The van der Waals surface area contributed by atoms with Crippen LogP contribution in [0.1, 0.15) is 30.1 Å². The number of aromatic hydroxyl groups is 1. The van der Waals surface area contributed by atoms with Crippen LogP contribution in [0, 0.1) is 0 Å². The zero-order valence-electron chi connectivity index (χ0n) is 15.2. The molecule has 0 bridgehead atoms. The summed E-state index contributed by atoms with van der Waals surface area (Å²) >= 11 is 5.93. The first kappa shape index (κ1) is 21.2. The molecule has 0 radical (unpaired) electrons. The van der Waals surface area contributed by atoms with E-state index in [1.807, 2.05) is 0 Å². The Hall–Kier alpha value is -3.06. The summed E-state index contributed by atoms with van der Waals surface area (Å²) in [6, 6.07) is 10.9. The van der Waals surface area contributed by atoms with Crippen molar-refractivity contribution in [3.05, 3.63) is 53.1 Å². The largest absolute Gasteiger partial charge is 0.504 e. The van der Waals surface area contributed by atoms with Gasteiger partial charge in [-0.15, -0.1) is 0 Å². The van der Waals surface area contributed by atoms with Gasteiger partial charge in [-0.2, -0.15) is 0 Å². The summed E-state index contributed by atoms with van der Waals surface area (Å²) in [5, 5.41) is 12.5.